The highest BCUT2D eigenvalue weighted by Gasteiger charge is 2.36. The zero-order chi connectivity index (χ0) is 21.6. The summed E-state index contributed by atoms with van der Waals surface area (Å²) in [7, 11) is -3.94. The molecule has 31 heavy (non-hydrogen) atoms. The highest BCUT2D eigenvalue weighted by molar-refractivity contribution is 7.90. The summed E-state index contributed by atoms with van der Waals surface area (Å²) in [6.07, 6.45) is 6.15. The first-order valence-electron chi connectivity index (χ1n) is 10.3. The van der Waals surface area contributed by atoms with Gasteiger partial charge in [0.2, 0.25) is 5.76 Å². The van der Waals surface area contributed by atoms with Crippen molar-refractivity contribution in [2.24, 2.45) is 10.3 Å². The zero-order valence-electron chi connectivity index (χ0n) is 16.6. The summed E-state index contributed by atoms with van der Waals surface area (Å²) < 4.78 is 48.1. The average molecular weight is 447 g/mol. The van der Waals surface area contributed by atoms with E-state index in [4.69, 9.17) is 4.52 Å². The molecule has 9 nitrogen and oxygen atoms in total. The molecule has 2 fully saturated rings. The van der Waals surface area contributed by atoms with E-state index in [-0.39, 0.29) is 34.6 Å². The van der Waals surface area contributed by atoms with Crippen LogP contribution < -0.4 is 16.0 Å². The summed E-state index contributed by atoms with van der Waals surface area (Å²) in [5.74, 6) is -0.212. The number of carbonyl (C=O) groups excluding carboxylic acids is 1. The van der Waals surface area contributed by atoms with Gasteiger partial charge in [0.1, 0.15) is 16.5 Å². The van der Waals surface area contributed by atoms with Gasteiger partial charge in [-0.2, -0.15) is 8.42 Å². The molecule has 1 amide bonds. The first-order chi connectivity index (χ1) is 14.9. The Labute approximate surface area is 178 Å². The number of benzene rings is 1. The fourth-order valence-electron chi connectivity index (χ4n) is 4.08. The minimum absolute atomic E-state index is 0.00387. The number of hydrogen-bond acceptors (Lipinski definition) is 7. The first-order valence-corrected chi connectivity index (χ1v) is 11.8. The van der Waals surface area contributed by atoms with Crippen LogP contribution in [-0.4, -0.2) is 37.4 Å². The number of rotatable bonds is 5. The smallest absolute Gasteiger partial charge is 0.290 e. The maximum absolute atomic E-state index is 14.2. The van der Waals surface area contributed by atoms with E-state index in [2.05, 4.69) is 25.5 Å². The van der Waals surface area contributed by atoms with E-state index in [0.717, 1.165) is 44.6 Å². The maximum atomic E-state index is 14.2. The van der Waals surface area contributed by atoms with Gasteiger partial charge < -0.3 is 20.5 Å². The van der Waals surface area contributed by atoms with Gasteiger partial charge in [0.25, 0.3) is 15.9 Å². The van der Waals surface area contributed by atoms with Crippen LogP contribution in [0.3, 0.4) is 0 Å². The number of fused-ring (bicyclic) bond motifs is 1. The highest BCUT2D eigenvalue weighted by atomic mass is 32.2. The molecule has 2 heterocycles. The molecule has 1 aromatic carbocycles. The van der Waals surface area contributed by atoms with Crippen LogP contribution in [0.25, 0.3) is 0 Å². The molecular formula is C20H22FN5O4S. The molecule has 5 rings (SSSR count). The lowest BCUT2D eigenvalue weighted by molar-refractivity contribution is 0.0889. The van der Waals surface area contributed by atoms with Crippen LogP contribution >= 0.6 is 0 Å². The minimum atomic E-state index is -3.94. The summed E-state index contributed by atoms with van der Waals surface area (Å²) in [6, 6.07) is 3.86. The number of amidine groups is 1. The minimum Gasteiger partial charge on any atom is -0.381 e. The number of hydrogen-bond donors (Lipinski definition) is 3. The lowest BCUT2D eigenvalue weighted by atomic mass is 9.91. The zero-order valence-corrected chi connectivity index (χ0v) is 17.4. The van der Waals surface area contributed by atoms with Crippen molar-refractivity contribution < 1.29 is 22.1 Å². The number of anilines is 2. The predicted molar refractivity (Wildman–Crippen MR) is 111 cm³/mol. The maximum Gasteiger partial charge on any atom is 0.290 e. The van der Waals surface area contributed by atoms with E-state index >= 15 is 0 Å². The van der Waals surface area contributed by atoms with Gasteiger partial charge in [-0.3, -0.25) is 4.79 Å². The summed E-state index contributed by atoms with van der Waals surface area (Å²) in [4.78, 5) is 12.0. The molecule has 0 unspecified atom stereocenters. The molecule has 0 bridgehead atoms. The van der Waals surface area contributed by atoms with Gasteiger partial charge >= 0.3 is 0 Å². The fourth-order valence-corrected chi connectivity index (χ4v) is 5.31. The molecule has 3 aliphatic rings. The van der Waals surface area contributed by atoms with E-state index in [1.807, 2.05) is 0 Å². The molecule has 1 aliphatic heterocycles. The van der Waals surface area contributed by atoms with Gasteiger partial charge in [0, 0.05) is 24.1 Å². The Morgan fingerprint density at radius 2 is 1.87 bits per heavy atom. The number of nitrogens with one attached hydrogen (secondary N) is 3. The second kappa shape index (κ2) is 7.63. The molecule has 2 aliphatic carbocycles. The van der Waals surface area contributed by atoms with E-state index in [0.29, 0.717) is 17.2 Å². The number of halogens is 1. The summed E-state index contributed by atoms with van der Waals surface area (Å²) >= 11 is 0. The Hall–Kier alpha value is -2.95. The van der Waals surface area contributed by atoms with Gasteiger partial charge in [-0.1, -0.05) is 5.16 Å². The second-order valence-electron chi connectivity index (χ2n) is 8.22. The van der Waals surface area contributed by atoms with Crippen LogP contribution in [0.4, 0.5) is 15.8 Å². The fraction of sp³-hybridized carbons (Fsp3) is 0.450. The lowest BCUT2D eigenvalue weighted by Gasteiger charge is -2.31. The van der Waals surface area contributed by atoms with Crippen LogP contribution in [-0.2, 0) is 10.0 Å². The quantitative estimate of drug-likeness (QED) is 0.643. The number of amides is 1. The Bertz CT molecular complexity index is 1140. The summed E-state index contributed by atoms with van der Waals surface area (Å²) in [5.41, 5.74) is 0.778. The number of nitrogens with zero attached hydrogens (tertiary/aromatic N) is 2. The van der Waals surface area contributed by atoms with Crippen molar-refractivity contribution in [3.05, 3.63) is 36.0 Å². The molecule has 11 heteroatoms. The van der Waals surface area contributed by atoms with Crippen molar-refractivity contribution in [2.75, 3.05) is 10.6 Å². The van der Waals surface area contributed by atoms with Crippen LogP contribution in [0.2, 0.25) is 0 Å². The molecule has 2 saturated carbocycles. The summed E-state index contributed by atoms with van der Waals surface area (Å²) in [5, 5.41) is 12.9. The van der Waals surface area contributed by atoms with Gasteiger partial charge in [-0.05, 0) is 50.7 Å². The number of sulfonamides is 1. The van der Waals surface area contributed by atoms with E-state index in [1.54, 1.807) is 0 Å². The number of carbonyl (C=O) groups is 1. The van der Waals surface area contributed by atoms with Gasteiger partial charge in [0.15, 0.2) is 0 Å². The van der Waals surface area contributed by atoms with Crippen molar-refractivity contribution in [3.8, 4) is 0 Å². The standard InChI is InChI=1S/C20H22FN5O4S/c21-12-9-15(18-17(10-12)31(28,29)26-19(25-18)11-1-2-11)23-13-3-5-14(6-4-13)24-20(27)16-7-8-22-30-16/h7-11,13-14,23H,1-6H2,(H,24,27)(H,25,26). The third-order valence-corrected chi connectivity index (χ3v) is 7.18. The molecule has 164 valence electrons. The second-order valence-corrected chi connectivity index (χ2v) is 9.79. The van der Waals surface area contributed by atoms with Gasteiger partial charge in [-0.25, -0.2) is 4.39 Å². The van der Waals surface area contributed by atoms with E-state index in [1.165, 1.54) is 18.3 Å². The van der Waals surface area contributed by atoms with Gasteiger partial charge in [0.05, 0.1) is 17.6 Å². The van der Waals surface area contributed by atoms with Crippen LogP contribution in [0.1, 0.15) is 49.1 Å². The SMILES string of the molecule is O=C(NC1CCC(Nc2cc(F)cc3c2NC(C2CC2)=NS3(=O)=O)CC1)c1ccno1. The molecule has 3 N–H and O–H groups in total. The molecule has 0 radical (unpaired) electrons. The Balaban J connectivity index is 1.28. The Morgan fingerprint density at radius 3 is 2.55 bits per heavy atom. The molecule has 0 atom stereocenters. The Kier molecular flexibility index (Phi) is 4.92. The van der Waals surface area contributed by atoms with Crippen molar-refractivity contribution in [3.63, 3.8) is 0 Å². The summed E-state index contributed by atoms with van der Waals surface area (Å²) in [6.45, 7) is 0. The molecular weight excluding hydrogens is 425 g/mol. The van der Waals surface area contributed by atoms with Crippen molar-refractivity contribution >= 4 is 33.1 Å². The largest absolute Gasteiger partial charge is 0.381 e. The number of aromatic nitrogens is 1. The molecule has 2 aromatic rings. The third kappa shape index (κ3) is 4.14. The van der Waals surface area contributed by atoms with E-state index < -0.39 is 15.8 Å². The topological polar surface area (TPSA) is 126 Å². The van der Waals surface area contributed by atoms with E-state index in [9.17, 15) is 17.6 Å². The monoisotopic (exact) mass is 447 g/mol. The van der Waals surface area contributed by atoms with Crippen molar-refractivity contribution in [2.45, 2.75) is 55.5 Å². The van der Waals surface area contributed by atoms with Crippen LogP contribution in [0.15, 0.2) is 38.2 Å². The molecule has 0 spiro atoms. The molecule has 0 saturated heterocycles. The normalized spacial score (nSPS) is 24.5. The Morgan fingerprint density at radius 1 is 1.13 bits per heavy atom. The van der Waals surface area contributed by atoms with Crippen LogP contribution in [0.5, 0.6) is 0 Å². The molecule has 1 aromatic heterocycles. The highest BCUT2D eigenvalue weighted by Crippen LogP contribution is 2.40. The van der Waals surface area contributed by atoms with Crippen molar-refractivity contribution in [1.82, 2.24) is 10.5 Å². The van der Waals surface area contributed by atoms with Crippen molar-refractivity contribution in [1.29, 1.82) is 0 Å². The predicted octanol–water partition coefficient (Wildman–Crippen LogP) is 2.89. The lowest BCUT2D eigenvalue weighted by Crippen LogP contribution is -2.40. The van der Waals surface area contributed by atoms with Crippen LogP contribution in [0, 0.1) is 11.7 Å². The average Bonchev–Trinajstić information content (AvgIpc) is 3.43. The van der Waals surface area contributed by atoms with Gasteiger partial charge in [-0.15, -0.1) is 4.40 Å². The first kappa shape index (κ1) is 20.0. The third-order valence-electron chi connectivity index (χ3n) is 5.86.